The molecule has 6 nitrogen and oxygen atoms in total. The molecule has 6 heteroatoms. The Balaban J connectivity index is 1.97. The van der Waals surface area contributed by atoms with Crippen molar-refractivity contribution < 1.29 is 4.79 Å². The van der Waals surface area contributed by atoms with Gasteiger partial charge in [-0.05, 0) is 26.9 Å². The van der Waals surface area contributed by atoms with Crippen LogP contribution in [0.5, 0.6) is 0 Å². The fraction of sp³-hybridized carbons (Fsp3) is 0.769. The monoisotopic (exact) mass is 265 g/mol. The molecule has 0 aromatic carbocycles. The summed E-state index contributed by atoms with van der Waals surface area (Å²) in [6.45, 7) is 5.62. The number of aromatic amines is 1. The van der Waals surface area contributed by atoms with Crippen molar-refractivity contribution in [2.45, 2.75) is 38.6 Å². The number of amides is 1. The molecule has 1 amide bonds. The van der Waals surface area contributed by atoms with Crippen LogP contribution in [0, 0.1) is 0 Å². The van der Waals surface area contributed by atoms with Crippen molar-refractivity contribution in [3.05, 3.63) is 11.6 Å². The highest BCUT2D eigenvalue weighted by atomic mass is 16.2. The molecule has 2 heterocycles. The van der Waals surface area contributed by atoms with E-state index < -0.39 is 0 Å². The second-order valence-electron chi connectivity index (χ2n) is 5.69. The molecule has 1 fully saturated rings. The van der Waals surface area contributed by atoms with Crippen molar-refractivity contribution in [3.63, 3.8) is 0 Å². The first-order valence-corrected chi connectivity index (χ1v) is 6.87. The zero-order chi connectivity index (χ0) is 14.0. The normalized spacial score (nSPS) is 17.5. The number of nitrogens with zero attached hydrogens (tertiary/aromatic N) is 4. The second-order valence-corrected chi connectivity index (χ2v) is 5.69. The Labute approximate surface area is 114 Å². The Hall–Kier alpha value is -1.43. The number of rotatable bonds is 3. The van der Waals surface area contributed by atoms with Crippen molar-refractivity contribution in [2.24, 2.45) is 0 Å². The van der Waals surface area contributed by atoms with Gasteiger partial charge in [0.05, 0.1) is 0 Å². The van der Waals surface area contributed by atoms with Gasteiger partial charge in [0.1, 0.15) is 5.82 Å². The van der Waals surface area contributed by atoms with Crippen LogP contribution in [-0.2, 0) is 0 Å². The van der Waals surface area contributed by atoms with Gasteiger partial charge in [0.25, 0.3) is 5.91 Å². The van der Waals surface area contributed by atoms with Crippen molar-refractivity contribution in [1.82, 2.24) is 25.0 Å². The number of piperidine rings is 1. The molecule has 0 atom stereocenters. The summed E-state index contributed by atoms with van der Waals surface area (Å²) in [6.07, 6.45) is 2.03. The Bertz CT molecular complexity index is 432. The molecule has 1 N–H and O–H groups in total. The molecule has 19 heavy (non-hydrogen) atoms. The van der Waals surface area contributed by atoms with Crippen LogP contribution in [0.2, 0.25) is 0 Å². The summed E-state index contributed by atoms with van der Waals surface area (Å²) < 4.78 is 0. The zero-order valence-corrected chi connectivity index (χ0v) is 12.2. The second kappa shape index (κ2) is 5.69. The number of carbonyl (C=O) groups is 1. The van der Waals surface area contributed by atoms with Crippen LogP contribution in [0.3, 0.4) is 0 Å². The van der Waals surface area contributed by atoms with Gasteiger partial charge in [0.2, 0.25) is 5.82 Å². The van der Waals surface area contributed by atoms with Crippen LogP contribution >= 0.6 is 0 Å². The first-order chi connectivity index (χ1) is 8.99. The Morgan fingerprint density at radius 3 is 2.47 bits per heavy atom. The van der Waals surface area contributed by atoms with E-state index in [4.69, 9.17) is 0 Å². The van der Waals surface area contributed by atoms with Crippen LogP contribution in [0.4, 0.5) is 0 Å². The third-order valence-corrected chi connectivity index (χ3v) is 3.72. The van der Waals surface area contributed by atoms with E-state index >= 15 is 0 Å². The molecule has 0 radical (unpaired) electrons. The average molecular weight is 265 g/mol. The van der Waals surface area contributed by atoms with Crippen LogP contribution in [0.15, 0.2) is 0 Å². The largest absolute Gasteiger partial charge is 0.336 e. The van der Waals surface area contributed by atoms with E-state index in [1.165, 1.54) is 0 Å². The number of hydrogen-bond donors (Lipinski definition) is 1. The minimum Gasteiger partial charge on any atom is -0.336 e. The van der Waals surface area contributed by atoms with Gasteiger partial charge in [-0.15, -0.1) is 5.10 Å². The zero-order valence-electron chi connectivity index (χ0n) is 12.2. The summed E-state index contributed by atoms with van der Waals surface area (Å²) in [7, 11) is 4.18. The first kappa shape index (κ1) is 14.0. The maximum atomic E-state index is 12.3. The van der Waals surface area contributed by atoms with Crippen molar-refractivity contribution >= 4 is 5.91 Å². The van der Waals surface area contributed by atoms with Gasteiger partial charge in [0, 0.05) is 25.0 Å². The molecule has 1 aliphatic heterocycles. The minimum absolute atomic E-state index is 0.0552. The third-order valence-electron chi connectivity index (χ3n) is 3.72. The van der Waals surface area contributed by atoms with E-state index in [2.05, 4.69) is 34.2 Å². The SMILES string of the molecule is CC(C)c1nc(C(=O)N2CCC(N(C)C)CC2)n[nH]1. The Kier molecular flexibility index (Phi) is 4.19. The number of hydrogen-bond acceptors (Lipinski definition) is 4. The van der Waals surface area contributed by atoms with Gasteiger partial charge >= 0.3 is 0 Å². The van der Waals surface area contributed by atoms with E-state index in [1.807, 2.05) is 18.7 Å². The molecule has 0 saturated carbocycles. The van der Waals surface area contributed by atoms with E-state index in [1.54, 1.807) is 0 Å². The summed E-state index contributed by atoms with van der Waals surface area (Å²) in [4.78, 5) is 20.6. The summed E-state index contributed by atoms with van der Waals surface area (Å²) in [6, 6.07) is 0.572. The maximum Gasteiger partial charge on any atom is 0.293 e. The van der Waals surface area contributed by atoms with E-state index in [0.29, 0.717) is 11.9 Å². The summed E-state index contributed by atoms with van der Waals surface area (Å²) in [5.41, 5.74) is 0. The van der Waals surface area contributed by atoms with Gasteiger partial charge < -0.3 is 9.80 Å². The molecule has 1 aromatic heterocycles. The van der Waals surface area contributed by atoms with Gasteiger partial charge in [-0.3, -0.25) is 9.89 Å². The minimum atomic E-state index is -0.0552. The predicted octanol–water partition coefficient (Wildman–Crippen LogP) is 1.09. The molecule has 1 saturated heterocycles. The van der Waals surface area contributed by atoms with E-state index in [9.17, 15) is 4.79 Å². The molecule has 106 valence electrons. The highest BCUT2D eigenvalue weighted by molar-refractivity contribution is 5.90. The smallest absolute Gasteiger partial charge is 0.293 e. The van der Waals surface area contributed by atoms with Crippen LogP contribution in [0.1, 0.15) is 49.1 Å². The van der Waals surface area contributed by atoms with Crippen LogP contribution in [-0.4, -0.2) is 64.1 Å². The maximum absolute atomic E-state index is 12.3. The highest BCUT2D eigenvalue weighted by Crippen LogP contribution is 2.16. The van der Waals surface area contributed by atoms with Gasteiger partial charge in [-0.2, -0.15) is 0 Å². The molecular formula is C13H23N5O. The fourth-order valence-corrected chi connectivity index (χ4v) is 2.35. The van der Waals surface area contributed by atoms with E-state index in [0.717, 1.165) is 31.8 Å². The lowest BCUT2D eigenvalue weighted by atomic mass is 10.0. The quantitative estimate of drug-likeness (QED) is 0.888. The molecule has 0 bridgehead atoms. The van der Waals surface area contributed by atoms with Gasteiger partial charge in [0.15, 0.2) is 0 Å². The number of H-pyrrole nitrogens is 1. The van der Waals surface area contributed by atoms with Crippen molar-refractivity contribution in [1.29, 1.82) is 0 Å². The Morgan fingerprint density at radius 2 is 2.00 bits per heavy atom. The number of aromatic nitrogens is 3. The third kappa shape index (κ3) is 3.12. The molecule has 1 aromatic rings. The van der Waals surface area contributed by atoms with Gasteiger partial charge in [-0.1, -0.05) is 13.8 Å². The summed E-state index contributed by atoms with van der Waals surface area (Å²) in [5.74, 6) is 1.27. The predicted molar refractivity (Wildman–Crippen MR) is 73.1 cm³/mol. The first-order valence-electron chi connectivity index (χ1n) is 6.87. The lowest BCUT2D eigenvalue weighted by molar-refractivity contribution is 0.0651. The standard InChI is InChI=1S/C13H23N5O/c1-9(2)11-14-12(16-15-11)13(19)18-7-5-10(6-8-18)17(3)4/h9-10H,5-8H2,1-4H3,(H,14,15,16). The van der Waals surface area contributed by atoms with Crippen molar-refractivity contribution in [3.8, 4) is 0 Å². The number of carbonyl (C=O) groups excluding carboxylic acids is 1. The van der Waals surface area contributed by atoms with Crippen LogP contribution in [0.25, 0.3) is 0 Å². The van der Waals surface area contributed by atoms with Crippen molar-refractivity contribution in [2.75, 3.05) is 27.2 Å². The topological polar surface area (TPSA) is 65.1 Å². The van der Waals surface area contributed by atoms with E-state index in [-0.39, 0.29) is 11.8 Å². The Morgan fingerprint density at radius 1 is 1.37 bits per heavy atom. The average Bonchev–Trinajstić information content (AvgIpc) is 2.87. The fourth-order valence-electron chi connectivity index (χ4n) is 2.35. The summed E-state index contributed by atoms with van der Waals surface area (Å²) in [5, 5.41) is 6.86. The lowest BCUT2D eigenvalue weighted by Gasteiger charge is -2.34. The molecular weight excluding hydrogens is 242 g/mol. The highest BCUT2D eigenvalue weighted by Gasteiger charge is 2.26. The van der Waals surface area contributed by atoms with Crippen LogP contribution < -0.4 is 0 Å². The number of likely N-dealkylation sites (tertiary alicyclic amines) is 1. The molecule has 1 aliphatic rings. The molecule has 0 unspecified atom stereocenters. The lowest BCUT2D eigenvalue weighted by Crippen LogP contribution is -2.44. The van der Waals surface area contributed by atoms with Gasteiger partial charge in [-0.25, -0.2) is 4.98 Å². The molecule has 0 spiro atoms. The summed E-state index contributed by atoms with van der Waals surface area (Å²) >= 11 is 0. The molecule has 0 aliphatic carbocycles. The number of nitrogens with one attached hydrogen (secondary N) is 1. The molecule has 2 rings (SSSR count).